The lowest BCUT2D eigenvalue weighted by Gasteiger charge is -2.36. The number of carbonyl (C=O) groups is 1. The molecule has 1 aliphatic rings. The van der Waals surface area contributed by atoms with Gasteiger partial charge in [-0.15, -0.1) is 0 Å². The maximum absolute atomic E-state index is 12.2. The fraction of sp³-hybridized carbons (Fsp3) is 0.500. The molecule has 2 unspecified atom stereocenters. The normalized spacial score (nSPS) is 19.1. The maximum Gasteiger partial charge on any atom is 0.258 e. The van der Waals surface area contributed by atoms with Gasteiger partial charge in [-0.25, -0.2) is 4.98 Å². The molecule has 2 atom stereocenters. The van der Waals surface area contributed by atoms with Crippen LogP contribution in [0.2, 0.25) is 0 Å². The topological polar surface area (TPSA) is 63.7 Å². The molecule has 1 saturated heterocycles. The number of hydrogen-bond acceptors (Lipinski definition) is 5. The average molecular weight is 412 g/mol. The number of rotatable bonds is 7. The highest BCUT2D eigenvalue weighted by atomic mass is 16.5. The SMILES string of the molecule is Cc1cc(OCC(=O)NCc2ccc(N3CC(C)OC(C)C3)nc2)ccc1C(C)C. The number of aryl methyl sites for hydroxylation is 1. The lowest BCUT2D eigenvalue weighted by molar-refractivity contribution is -0.123. The zero-order valence-electron chi connectivity index (χ0n) is 18.6. The van der Waals surface area contributed by atoms with Gasteiger partial charge in [0, 0.05) is 25.8 Å². The summed E-state index contributed by atoms with van der Waals surface area (Å²) in [5.74, 6) is 1.97. The van der Waals surface area contributed by atoms with E-state index in [9.17, 15) is 4.79 Å². The van der Waals surface area contributed by atoms with Gasteiger partial charge in [-0.1, -0.05) is 26.0 Å². The summed E-state index contributed by atoms with van der Waals surface area (Å²) in [6, 6.07) is 9.98. The minimum absolute atomic E-state index is 0.00443. The summed E-state index contributed by atoms with van der Waals surface area (Å²) < 4.78 is 11.4. The Hall–Kier alpha value is -2.60. The van der Waals surface area contributed by atoms with Crippen LogP contribution < -0.4 is 15.0 Å². The first-order valence-electron chi connectivity index (χ1n) is 10.7. The molecule has 162 valence electrons. The van der Waals surface area contributed by atoms with Gasteiger partial charge < -0.3 is 19.7 Å². The van der Waals surface area contributed by atoms with Crippen molar-refractivity contribution in [2.24, 2.45) is 0 Å². The van der Waals surface area contributed by atoms with Crippen molar-refractivity contribution in [2.45, 2.75) is 59.3 Å². The zero-order chi connectivity index (χ0) is 21.7. The number of carbonyl (C=O) groups excluding carboxylic acids is 1. The second-order valence-electron chi connectivity index (χ2n) is 8.43. The van der Waals surface area contributed by atoms with Gasteiger partial charge in [-0.2, -0.15) is 0 Å². The molecular formula is C24H33N3O3. The first-order valence-corrected chi connectivity index (χ1v) is 10.7. The minimum Gasteiger partial charge on any atom is -0.484 e. The number of nitrogens with one attached hydrogen (secondary N) is 1. The third-order valence-electron chi connectivity index (χ3n) is 5.28. The molecule has 1 aromatic heterocycles. The largest absolute Gasteiger partial charge is 0.484 e. The number of ether oxygens (including phenoxy) is 2. The quantitative estimate of drug-likeness (QED) is 0.750. The van der Waals surface area contributed by atoms with E-state index in [2.05, 4.69) is 55.9 Å². The Bertz CT molecular complexity index is 841. The highest BCUT2D eigenvalue weighted by Gasteiger charge is 2.23. The zero-order valence-corrected chi connectivity index (χ0v) is 18.6. The molecule has 0 aliphatic carbocycles. The smallest absolute Gasteiger partial charge is 0.258 e. The molecule has 0 bridgehead atoms. The summed E-state index contributed by atoms with van der Waals surface area (Å²) in [5.41, 5.74) is 3.43. The Labute approximate surface area is 179 Å². The van der Waals surface area contributed by atoms with Crippen LogP contribution in [0.4, 0.5) is 5.82 Å². The number of benzene rings is 1. The lowest BCUT2D eigenvalue weighted by Crippen LogP contribution is -2.45. The summed E-state index contributed by atoms with van der Waals surface area (Å²) in [5, 5.41) is 2.89. The van der Waals surface area contributed by atoms with Crippen molar-refractivity contribution in [2.75, 3.05) is 24.6 Å². The van der Waals surface area contributed by atoms with Crippen molar-refractivity contribution >= 4 is 11.7 Å². The van der Waals surface area contributed by atoms with Crippen molar-refractivity contribution in [3.8, 4) is 5.75 Å². The second kappa shape index (κ2) is 9.94. The summed E-state index contributed by atoms with van der Waals surface area (Å²) in [6.07, 6.45) is 2.20. The van der Waals surface area contributed by atoms with Crippen LogP contribution in [-0.4, -0.2) is 42.8 Å². The maximum atomic E-state index is 12.2. The molecule has 6 heteroatoms. The number of morpholine rings is 1. The predicted molar refractivity (Wildman–Crippen MR) is 119 cm³/mol. The van der Waals surface area contributed by atoms with Crippen molar-refractivity contribution in [3.63, 3.8) is 0 Å². The van der Waals surface area contributed by atoms with Gasteiger partial charge in [0.2, 0.25) is 0 Å². The van der Waals surface area contributed by atoms with Gasteiger partial charge in [0.1, 0.15) is 11.6 Å². The van der Waals surface area contributed by atoms with Gasteiger partial charge in [-0.3, -0.25) is 4.79 Å². The van der Waals surface area contributed by atoms with Crippen LogP contribution >= 0.6 is 0 Å². The van der Waals surface area contributed by atoms with Crippen LogP contribution in [0.5, 0.6) is 5.75 Å². The van der Waals surface area contributed by atoms with Gasteiger partial charge >= 0.3 is 0 Å². The third kappa shape index (κ3) is 5.95. The molecule has 1 fully saturated rings. The molecule has 0 spiro atoms. The molecule has 1 aromatic carbocycles. The first kappa shape index (κ1) is 22.1. The molecule has 0 saturated carbocycles. The molecule has 1 N–H and O–H groups in total. The van der Waals surface area contributed by atoms with E-state index in [1.165, 1.54) is 11.1 Å². The second-order valence-corrected chi connectivity index (χ2v) is 8.43. The fourth-order valence-electron chi connectivity index (χ4n) is 3.86. The monoisotopic (exact) mass is 411 g/mol. The van der Waals surface area contributed by atoms with E-state index in [0.29, 0.717) is 18.2 Å². The molecule has 0 radical (unpaired) electrons. The molecule has 2 aromatic rings. The van der Waals surface area contributed by atoms with E-state index < -0.39 is 0 Å². The molecule has 6 nitrogen and oxygen atoms in total. The predicted octanol–water partition coefficient (Wildman–Crippen LogP) is 3.82. The first-order chi connectivity index (χ1) is 14.3. The van der Waals surface area contributed by atoms with Crippen molar-refractivity contribution < 1.29 is 14.3 Å². The van der Waals surface area contributed by atoms with E-state index in [1.54, 1.807) is 0 Å². The van der Waals surface area contributed by atoms with Crippen LogP contribution in [-0.2, 0) is 16.1 Å². The van der Waals surface area contributed by atoms with Crippen LogP contribution in [0.3, 0.4) is 0 Å². The van der Waals surface area contributed by atoms with Crippen LogP contribution in [0.15, 0.2) is 36.5 Å². The number of anilines is 1. The Balaban J connectivity index is 1.46. The molecule has 1 aliphatic heterocycles. The lowest BCUT2D eigenvalue weighted by atomic mass is 9.98. The average Bonchev–Trinajstić information content (AvgIpc) is 2.70. The molecular weight excluding hydrogens is 378 g/mol. The summed E-state index contributed by atoms with van der Waals surface area (Å²) in [6.45, 7) is 12.6. The van der Waals surface area contributed by atoms with Crippen molar-refractivity contribution in [1.82, 2.24) is 10.3 Å². The van der Waals surface area contributed by atoms with E-state index in [1.807, 2.05) is 30.5 Å². The standard InChI is InChI=1S/C24H33N3O3/c1-16(2)22-8-7-21(10-17(22)3)29-15-24(28)26-12-20-6-9-23(25-11-20)27-13-18(4)30-19(5)14-27/h6-11,16,18-19H,12-15H2,1-5H3,(H,26,28). The Kier molecular flexibility index (Phi) is 7.32. The molecule has 3 rings (SSSR count). The Morgan fingerprint density at radius 1 is 1.23 bits per heavy atom. The molecule has 1 amide bonds. The minimum atomic E-state index is -0.152. The van der Waals surface area contributed by atoms with Gasteiger partial charge in [0.05, 0.1) is 12.2 Å². The summed E-state index contributed by atoms with van der Waals surface area (Å²) >= 11 is 0. The van der Waals surface area contributed by atoms with Crippen LogP contribution in [0.25, 0.3) is 0 Å². The number of nitrogens with zero attached hydrogens (tertiary/aromatic N) is 2. The Morgan fingerprint density at radius 3 is 2.57 bits per heavy atom. The van der Waals surface area contributed by atoms with E-state index >= 15 is 0 Å². The molecule has 2 heterocycles. The number of pyridine rings is 1. The number of amides is 1. The van der Waals surface area contributed by atoms with E-state index in [-0.39, 0.29) is 24.7 Å². The van der Waals surface area contributed by atoms with Gasteiger partial charge in [0.15, 0.2) is 6.61 Å². The molecule has 30 heavy (non-hydrogen) atoms. The number of hydrogen-bond donors (Lipinski definition) is 1. The fourth-order valence-corrected chi connectivity index (χ4v) is 3.86. The highest BCUT2D eigenvalue weighted by molar-refractivity contribution is 5.77. The Morgan fingerprint density at radius 2 is 1.97 bits per heavy atom. The van der Waals surface area contributed by atoms with E-state index in [4.69, 9.17) is 9.47 Å². The van der Waals surface area contributed by atoms with Gasteiger partial charge in [-0.05, 0) is 61.6 Å². The van der Waals surface area contributed by atoms with Crippen LogP contribution in [0.1, 0.15) is 50.3 Å². The summed E-state index contributed by atoms with van der Waals surface area (Å²) in [4.78, 5) is 19.0. The van der Waals surface area contributed by atoms with Crippen molar-refractivity contribution in [3.05, 3.63) is 53.2 Å². The number of aromatic nitrogens is 1. The van der Waals surface area contributed by atoms with Crippen LogP contribution in [0, 0.1) is 6.92 Å². The highest BCUT2D eigenvalue weighted by Crippen LogP contribution is 2.23. The van der Waals surface area contributed by atoms with Gasteiger partial charge in [0.25, 0.3) is 5.91 Å². The summed E-state index contributed by atoms with van der Waals surface area (Å²) in [7, 11) is 0. The van der Waals surface area contributed by atoms with Crippen molar-refractivity contribution in [1.29, 1.82) is 0 Å². The van der Waals surface area contributed by atoms with E-state index in [0.717, 1.165) is 24.5 Å². The third-order valence-corrected chi connectivity index (χ3v) is 5.28.